The first-order valence-electron chi connectivity index (χ1n) is 9.54. The van der Waals surface area contributed by atoms with Crippen LogP contribution in [0.1, 0.15) is 74.5 Å². The van der Waals surface area contributed by atoms with Gasteiger partial charge in [-0.1, -0.05) is 13.8 Å². The lowest BCUT2D eigenvalue weighted by Crippen LogP contribution is -2.09. The van der Waals surface area contributed by atoms with E-state index in [0.717, 1.165) is 42.9 Å². The summed E-state index contributed by atoms with van der Waals surface area (Å²) in [5.74, 6) is 1.98. The molecule has 0 bridgehead atoms. The van der Waals surface area contributed by atoms with Crippen LogP contribution in [0, 0.1) is 0 Å². The molecule has 27 heavy (non-hydrogen) atoms. The highest BCUT2D eigenvalue weighted by Gasteiger charge is 2.19. The molecule has 6 heteroatoms. The maximum Gasteiger partial charge on any atom is 0.131 e. The van der Waals surface area contributed by atoms with Gasteiger partial charge in [-0.2, -0.15) is 10.2 Å². The van der Waals surface area contributed by atoms with Crippen molar-refractivity contribution in [2.75, 3.05) is 0 Å². The van der Waals surface area contributed by atoms with Crippen LogP contribution in [0.25, 0.3) is 0 Å². The van der Waals surface area contributed by atoms with E-state index in [-0.39, 0.29) is 0 Å². The molecule has 6 nitrogen and oxygen atoms in total. The first-order chi connectivity index (χ1) is 13.2. The van der Waals surface area contributed by atoms with Gasteiger partial charge in [-0.15, -0.1) is 0 Å². The molecule has 0 aliphatic heterocycles. The molecular weight excluding hydrogens is 336 g/mol. The molecule has 140 valence electrons. The summed E-state index contributed by atoms with van der Waals surface area (Å²) in [6.45, 7) is 4.41. The van der Waals surface area contributed by atoms with Crippen molar-refractivity contribution in [2.45, 2.75) is 57.3 Å². The lowest BCUT2D eigenvalue weighted by atomic mass is 9.88. The van der Waals surface area contributed by atoms with Crippen molar-refractivity contribution in [2.24, 2.45) is 0 Å². The lowest BCUT2D eigenvalue weighted by molar-refractivity contribution is 0.463. The summed E-state index contributed by atoms with van der Waals surface area (Å²) in [4.78, 5) is 17.6. The minimum Gasteiger partial charge on any atom is -0.261 e. The van der Waals surface area contributed by atoms with Gasteiger partial charge < -0.3 is 0 Å². The molecule has 3 aromatic heterocycles. The minimum atomic E-state index is 0.324. The fraction of sp³-hybridized carbons (Fsp3) is 0.429. The highest BCUT2D eigenvalue weighted by Crippen LogP contribution is 2.31. The van der Waals surface area contributed by atoms with Gasteiger partial charge in [0.2, 0.25) is 0 Å². The van der Waals surface area contributed by atoms with E-state index >= 15 is 0 Å². The normalized spacial score (nSPS) is 14.4. The maximum absolute atomic E-state index is 4.51. The summed E-state index contributed by atoms with van der Waals surface area (Å²) in [6, 6.07) is 5.85. The van der Waals surface area contributed by atoms with E-state index < -0.39 is 0 Å². The van der Waals surface area contributed by atoms with Gasteiger partial charge in [0.1, 0.15) is 5.82 Å². The molecule has 0 fully saturated rings. The molecule has 0 aliphatic rings. The van der Waals surface area contributed by atoms with Gasteiger partial charge >= 0.3 is 0 Å². The Hall–Kier alpha value is -2.76. The molecule has 3 atom stereocenters. The number of nitrogens with zero attached hydrogens (tertiary/aromatic N) is 6. The average molecular weight is 362 g/mol. The molecule has 0 spiro atoms. The smallest absolute Gasteiger partial charge is 0.131 e. The Kier molecular flexibility index (Phi) is 6.90. The highest BCUT2D eigenvalue weighted by atomic mass is 15.1. The van der Waals surface area contributed by atoms with Crippen LogP contribution in [0.2, 0.25) is 0 Å². The first kappa shape index (κ1) is 19.0. The number of aromatic nitrogens is 6. The monoisotopic (exact) mass is 362 g/mol. The molecule has 3 rings (SSSR count). The van der Waals surface area contributed by atoms with Crippen LogP contribution in [-0.4, -0.2) is 30.1 Å². The quantitative estimate of drug-likeness (QED) is 0.564. The second-order valence-electron chi connectivity index (χ2n) is 7.04. The third-order valence-electron chi connectivity index (χ3n) is 5.03. The molecule has 0 radical (unpaired) electrons. The molecule has 0 N–H and O–H groups in total. The van der Waals surface area contributed by atoms with Crippen LogP contribution in [0.5, 0.6) is 0 Å². The highest BCUT2D eigenvalue weighted by molar-refractivity contribution is 5.06. The van der Waals surface area contributed by atoms with E-state index in [1.165, 1.54) is 0 Å². The van der Waals surface area contributed by atoms with Gasteiger partial charge in [0, 0.05) is 49.0 Å². The molecule has 3 unspecified atom stereocenters. The number of hydrogen-bond acceptors (Lipinski definition) is 6. The Morgan fingerprint density at radius 3 is 2.11 bits per heavy atom. The molecule has 0 aliphatic carbocycles. The third kappa shape index (κ3) is 5.61. The lowest BCUT2D eigenvalue weighted by Gasteiger charge is -2.19. The van der Waals surface area contributed by atoms with Gasteiger partial charge in [-0.05, 0) is 49.8 Å². The predicted octanol–water partition coefficient (Wildman–Crippen LogP) is 4.31. The van der Waals surface area contributed by atoms with Crippen molar-refractivity contribution >= 4 is 0 Å². The van der Waals surface area contributed by atoms with Crippen LogP contribution in [0.3, 0.4) is 0 Å². The van der Waals surface area contributed by atoms with E-state index in [1.54, 1.807) is 18.6 Å². The van der Waals surface area contributed by atoms with Crippen molar-refractivity contribution in [3.8, 4) is 0 Å². The summed E-state index contributed by atoms with van der Waals surface area (Å²) >= 11 is 0. The summed E-state index contributed by atoms with van der Waals surface area (Å²) in [6.07, 6.45) is 14.8. The second kappa shape index (κ2) is 9.80. The largest absolute Gasteiger partial charge is 0.261 e. The first-order valence-corrected chi connectivity index (χ1v) is 9.54. The van der Waals surface area contributed by atoms with Crippen LogP contribution in [-0.2, 0) is 0 Å². The molecule has 0 saturated heterocycles. The third-order valence-corrected chi connectivity index (χ3v) is 5.03. The predicted molar refractivity (Wildman–Crippen MR) is 104 cm³/mol. The van der Waals surface area contributed by atoms with Gasteiger partial charge in [-0.3, -0.25) is 9.97 Å². The van der Waals surface area contributed by atoms with Crippen molar-refractivity contribution in [3.05, 3.63) is 72.6 Å². The van der Waals surface area contributed by atoms with Crippen LogP contribution in [0.4, 0.5) is 0 Å². The maximum atomic E-state index is 4.51. The molecule has 3 aromatic rings. The van der Waals surface area contributed by atoms with Gasteiger partial charge in [0.05, 0.1) is 11.4 Å². The van der Waals surface area contributed by atoms with Gasteiger partial charge in [0.15, 0.2) is 0 Å². The van der Waals surface area contributed by atoms with Crippen molar-refractivity contribution in [1.29, 1.82) is 0 Å². The Morgan fingerprint density at radius 1 is 0.741 bits per heavy atom. The van der Waals surface area contributed by atoms with Crippen molar-refractivity contribution in [1.82, 2.24) is 30.1 Å². The zero-order valence-electron chi connectivity index (χ0n) is 15.9. The Morgan fingerprint density at radius 2 is 1.48 bits per heavy atom. The van der Waals surface area contributed by atoms with E-state index in [9.17, 15) is 0 Å². The summed E-state index contributed by atoms with van der Waals surface area (Å²) < 4.78 is 0. The van der Waals surface area contributed by atoms with E-state index in [4.69, 9.17) is 0 Å². The van der Waals surface area contributed by atoms with Gasteiger partial charge in [-0.25, -0.2) is 9.97 Å². The standard InChI is InChI=1S/C21H26N6/c1-16(19-5-3-12-26-27-19)6-8-18(21-24-10-4-11-25-21)9-7-17(2)20-15-22-13-14-23-20/h3-5,10-18H,6-9H2,1-2H3. The van der Waals surface area contributed by atoms with Crippen LogP contribution < -0.4 is 0 Å². The number of hydrogen-bond donors (Lipinski definition) is 0. The molecule has 0 amide bonds. The van der Waals surface area contributed by atoms with E-state index in [0.29, 0.717) is 17.8 Å². The zero-order chi connectivity index (χ0) is 18.9. The summed E-state index contributed by atoms with van der Waals surface area (Å²) in [7, 11) is 0. The zero-order valence-corrected chi connectivity index (χ0v) is 15.9. The van der Waals surface area contributed by atoms with Crippen LogP contribution >= 0.6 is 0 Å². The Labute approximate surface area is 160 Å². The topological polar surface area (TPSA) is 77.3 Å². The molecule has 3 heterocycles. The molecular formula is C21H26N6. The fourth-order valence-electron chi connectivity index (χ4n) is 3.26. The van der Waals surface area contributed by atoms with Crippen molar-refractivity contribution in [3.63, 3.8) is 0 Å². The summed E-state index contributed by atoms with van der Waals surface area (Å²) in [5, 5.41) is 8.24. The number of rotatable bonds is 9. The van der Waals surface area contributed by atoms with Crippen LogP contribution in [0.15, 0.2) is 55.4 Å². The van der Waals surface area contributed by atoms with E-state index in [2.05, 4.69) is 44.0 Å². The minimum absolute atomic E-state index is 0.324. The summed E-state index contributed by atoms with van der Waals surface area (Å²) in [5.41, 5.74) is 2.08. The van der Waals surface area contributed by atoms with Gasteiger partial charge in [0.25, 0.3) is 0 Å². The second-order valence-corrected chi connectivity index (χ2v) is 7.04. The van der Waals surface area contributed by atoms with E-state index in [1.807, 2.05) is 36.8 Å². The SMILES string of the molecule is CC(CCC(CCC(C)c1cccnn1)c1ncccn1)c1cnccn1. The molecule has 0 aromatic carbocycles. The van der Waals surface area contributed by atoms with Crippen molar-refractivity contribution < 1.29 is 0 Å². The molecule has 0 saturated carbocycles. The average Bonchev–Trinajstić information content (AvgIpc) is 2.75. The fourth-order valence-corrected chi connectivity index (χ4v) is 3.26. The Balaban J connectivity index is 1.63. The Bertz CT molecular complexity index is 732.